The molecule has 1 aromatic heterocycles. The van der Waals surface area contributed by atoms with E-state index in [2.05, 4.69) is 17.2 Å². The number of pyridine rings is 1. The zero-order chi connectivity index (χ0) is 15.1. The van der Waals surface area contributed by atoms with Crippen LogP contribution in [0.5, 0.6) is 0 Å². The Hall–Kier alpha value is -1.58. The molecule has 1 aliphatic heterocycles. The number of aryl methyl sites for hydroxylation is 1. The molecule has 0 atom stereocenters. The molecule has 1 fully saturated rings. The van der Waals surface area contributed by atoms with Gasteiger partial charge in [0.25, 0.3) is 5.91 Å². The summed E-state index contributed by atoms with van der Waals surface area (Å²) >= 11 is 0. The Bertz CT molecular complexity index is 441. The fraction of sp³-hybridized carbons (Fsp3) is 0.647. The Morgan fingerprint density at radius 1 is 1.19 bits per heavy atom. The van der Waals surface area contributed by atoms with E-state index in [1.165, 1.54) is 12.8 Å². The van der Waals surface area contributed by atoms with Gasteiger partial charge in [-0.25, -0.2) is 4.98 Å². The van der Waals surface area contributed by atoms with Gasteiger partial charge in [-0.15, -0.1) is 0 Å². The van der Waals surface area contributed by atoms with Crippen LogP contribution in [0.15, 0.2) is 12.1 Å². The molecule has 4 heteroatoms. The first-order valence-corrected chi connectivity index (χ1v) is 8.28. The van der Waals surface area contributed by atoms with E-state index in [9.17, 15) is 4.79 Å². The van der Waals surface area contributed by atoms with Crippen molar-refractivity contribution in [2.75, 3.05) is 25.0 Å². The molecule has 21 heavy (non-hydrogen) atoms. The van der Waals surface area contributed by atoms with Crippen molar-refractivity contribution in [3.63, 3.8) is 0 Å². The molecule has 1 aliphatic rings. The third-order valence-electron chi connectivity index (χ3n) is 3.88. The van der Waals surface area contributed by atoms with Crippen molar-refractivity contribution >= 4 is 11.7 Å². The zero-order valence-corrected chi connectivity index (χ0v) is 13.3. The number of anilines is 1. The normalized spacial score (nSPS) is 15.6. The molecular formula is C17H27N3O. The van der Waals surface area contributed by atoms with Crippen LogP contribution in [0.2, 0.25) is 0 Å². The first-order valence-electron chi connectivity index (χ1n) is 8.28. The third-order valence-corrected chi connectivity index (χ3v) is 3.88. The van der Waals surface area contributed by atoms with Crippen molar-refractivity contribution in [3.05, 3.63) is 23.4 Å². The summed E-state index contributed by atoms with van der Waals surface area (Å²) in [5.74, 6) is 0.984. The summed E-state index contributed by atoms with van der Waals surface area (Å²) in [5.41, 5.74) is 1.79. The van der Waals surface area contributed by atoms with Gasteiger partial charge in [0.2, 0.25) is 0 Å². The number of rotatable bonds is 5. The number of nitrogens with zero attached hydrogens (tertiary/aromatic N) is 2. The molecule has 2 heterocycles. The molecule has 0 aliphatic carbocycles. The first kappa shape index (κ1) is 15.8. The minimum absolute atomic E-state index is 0.163. The van der Waals surface area contributed by atoms with E-state index in [1.807, 2.05) is 24.0 Å². The van der Waals surface area contributed by atoms with Crippen LogP contribution in [-0.2, 0) is 6.42 Å². The summed E-state index contributed by atoms with van der Waals surface area (Å²) in [6, 6.07) is 3.87. The van der Waals surface area contributed by atoms with Crippen LogP contribution in [0.4, 0.5) is 5.82 Å². The van der Waals surface area contributed by atoms with E-state index in [0.29, 0.717) is 0 Å². The highest BCUT2D eigenvalue weighted by molar-refractivity contribution is 5.95. The van der Waals surface area contributed by atoms with Crippen molar-refractivity contribution in [2.45, 2.75) is 52.4 Å². The molecule has 0 spiro atoms. The molecule has 116 valence electrons. The predicted octanol–water partition coefficient (Wildman–Crippen LogP) is 3.48. The molecular weight excluding hydrogens is 262 g/mol. The fourth-order valence-corrected chi connectivity index (χ4v) is 2.82. The minimum atomic E-state index is 0.163. The number of hydrogen-bond acceptors (Lipinski definition) is 3. The van der Waals surface area contributed by atoms with Gasteiger partial charge in [0.15, 0.2) is 0 Å². The number of hydrogen-bond donors (Lipinski definition) is 1. The molecule has 0 bridgehead atoms. The fourth-order valence-electron chi connectivity index (χ4n) is 2.82. The van der Waals surface area contributed by atoms with Crippen molar-refractivity contribution < 1.29 is 4.79 Å². The molecule has 0 saturated carbocycles. The number of amides is 1. The van der Waals surface area contributed by atoms with Crippen LogP contribution in [0.25, 0.3) is 0 Å². The van der Waals surface area contributed by atoms with Crippen LogP contribution in [0, 0.1) is 0 Å². The van der Waals surface area contributed by atoms with Gasteiger partial charge in [0.05, 0.1) is 0 Å². The van der Waals surface area contributed by atoms with Crippen LogP contribution < -0.4 is 5.32 Å². The summed E-state index contributed by atoms with van der Waals surface area (Å²) in [7, 11) is 0. The van der Waals surface area contributed by atoms with Crippen molar-refractivity contribution in [3.8, 4) is 0 Å². The van der Waals surface area contributed by atoms with Gasteiger partial charge in [-0.05, 0) is 38.3 Å². The Morgan fingerprint density at radius 2 is 1.90 bits per heavy atom. The average Bonchev–Trinajstić information content (AvgIpc) is 2.76. The Kier molecular flexibility index (Phi) is 6.03. The monoisotopic (exact) mass is 289 g/mol. The van der Waals surface area contributed by atoms with Crippen molar-refractivity contribution in [1.82, 2.24) is 9.88 Å². The van der Waals surface area contributed by atoms with Crippen LogP contribution >= 0.6 is 0 Å². The Balaban J connectivity index is 2.21. The van der Waals surface area contributed by atoms with Crippen LogP contribution in [0.3, 0.4) is 0 Å². The van der Waals surface area contributed by atoms with Crippen LogP contribution in [0.1, 0.15) is 62.0 Å². The second-order valence-electron chi connectivity index (χ2n) is 5.72. The second-order valence-corrected chi connectivity index (χ2v) is 5.72. The number of carbonyl (C=O) groups excluding carboxylic acids is 1. The van der Waals surface area contributed by atoms with Gasteiger partial charge < -0.3 is 10.2 Å². The van der Waals surface area contributed by atoms with Gasteiger partial charge >= 0.3 is 0 Å². The SMILES string of the molecule is CCCc1cc(C(=O)N2CCCCCC2)cc(NCC)n1. The smallest absolute Gasteiger partial charge is 0.254 e. The zero-order valence-electron chi connectivity index (χ0n) is 13.3. The molecule has 1 saturated heterocycles. The van der Waals surface area contributed by atoms with E-state index in [1.54, 1.807) is 0 Å². The molecule has 0 radical (unpaired) electrons. The van der Waals surface area contributed by atoms with E-state index < -0.39 is 0 Å². The standard InChI is InChI=1S/C17H27N3O/c1-3-9-15-12-14(13-16(19-15)18-4-2)17(21)20-10-7-5-6-8-11-20/h12-13H,3-11H2,1-2H3,(H,18,19). The maximum Gasteiger partial charge on any atom is 0.254 e. The van der Waals surface area contributed by atoms with E-state index in [-0.39, 0.29) is 5.91 Å². The third kappa shape index (κ3) is 4.45. The highest BCUT2D eigenvalue weighted by atomic mass is 16.2. The second kappa shape index (κ2) is 8.01. The number of nitrogens with one attached hydrogen (secondary N) is 1. The Morgan fingerprint density at radius 3 is 2.52 bits per heavy atom. The van der Waals surface area contributed by atoms with Crippen molar-refractivity contribution in [1.29, 1.82) is 0 Å². The molecule has 4 nitrogen and oxygen atoms in total. The molecule has 2 rings (SSSR count). The Labute approximate surface area is 127 Å². The number of carbonyl (C=O) groups is 1. The minimum Gasteiger partial charge on any atom is -0.370 e. The highest BCUT2D eigenvalue weighted by Gasteiger charge is 2.18. The number of aromatic nitrogens is 1. The number of likely N-dealkylation sites (tertiary alicyclic amines) is 1. The van der Waals surface area contributed by atoms with Gasteiger partial charge in [-0.2, -0.15) is 0 Å². The summed E-state index contributed by atoms with van der Waals surface area (Å²) in [4.78, 5) is 19.3. The average molecular weight is 289 g/mol. The highest BCUT2D eigenvalue weighted by Crippen LogP contribution is 2.17. The van der Waals surface area contributed by atoms with Gasteiger partial charge in [0.1, 0.15) is 5.82 Å². The van der Waals surface area contributed by atoms with Crippen LogP contribution in [-0.4, -0.2) is 35.4 Å². The topological polar surface area (TPSA) is 45.2 Å². The molecule has 0 aromatic carbocycles. The van der Waals surface area contributed by atoms with Gasteiger partial charge in [0, 0.05) is 30.9 Å². The van der Waals surface area contributed by atoms with E-state index in [0.717, 1.165) is 62.4 Å². The van der Waals surface area contributed by atoms with E-state index >= 15 is 0 Å². The lowest BCUT2D eigenvalue weighted by Gasteiger charge is -2.21. The van der Waals surface area contributed by atoms with E-state index in [4.69, 9.17) is 0 Å². The lowest BCUT2D eigenvalue weighted by molar-refractivity contribution is 0.0761. The summed E-state index contributed by atoms with van der Waals surface area (Å²) in [6.45, 7) is 6.78. The molecule has 1 amide bonds. The summed E-state index contributed by atoms with van der Waals surface area (Å²) in [6.07, 6.45) is 6.69. The molecule has 0 unspecified atom stereocenters. The lowest BCUT2D eigenvalue weighted by atomic mass is 10.1. The summed E-state index contributed by atoms with van der Waals surface area (Å²) in [5, 5.41) is 3.24. The quantitative estimate of drug-likeness (QED) is 0.902. The first-order chi connectivity index (χ1) is 10.2. The molecule has 1 N–H and O–H groups in total. The predicted molar refractivity (Wildman–Crippen MR) is 86.8 cm³/mol. The maximum atomic E-state index is 12.7. The summed E-state index contributed by atoms with van der Waals surface area (Å²) < 4.78 is 0. The van der Waals surface area contributed by atoms with Gasteiger partial charge in [-0.1, -0.05) is 26.2 Å². The maximum absolute atomic E-state index is 12.7. The lowest BCUT2D eigenvalue weighted by Crippen LogP contribution is -2.32. The largest absolute Gasteiger partial charge is 0.370 e. The van der Waals surface area contributed by atoms with Gasteiger partial charge in [-0.3, -0.25) is 4.79 Å². The molecule has 1 aromatic rings. The van der Waals surface area contributed by atoms with Crippen molar-refractivity contribution in [2.24, 2.45) is 0 Å².